The van der Waals surface area contributed by atoms with Crippen LogP contribution >= 0.6 is 0 Å². The van der Waals surface area contributed by atoms with E-state index in [4.69, 9.17) is 5.73 Å². The SMILES string of the molecule is Cc1cc2c(cc1C)CC(C)(N)C2. The number of aryl methyl sites for hydroxylation is 2. The highest BCUT2D eigenvalue weighted by molar-refractivity contribution is 5.42. The van der Waals surface area contributed by atoms with E-state index in [1.807, 2.05) is 0 Å². The fraction of sp³-hybridized carbons (Fsp3) is 0.500. The summed E-state index contributed by atoms with van der Waals surface area (Å²) < 4.78 is 0. The third-order valence-corrected chi connectivity index (χ3v) is 3.00. The molecule has 1 nitrogen and oxygen atoms in total. The molecule has 0 aromatic heterocycles. The average Bonchev–Trinajstić information content (AvgIpc) is 2.24. The molecule has 1 aromatic carbocycles. The molecule has 2 rings (SSSR count). The van der Waals surface area contributed by atoms with E-state index < -0.39 is 0 Å². The van der Waals surface area contributed by atoms with Crippen LogP contribution < -0.4 is 5.73 Å². The van der Waals surface area contributed by atoms with Gasteiger partial charge < -0.3 is 5.73 Å². The number of nitrogens with two attached hydrogens (primary N) is 1. The summed E-state index contributed by atoms with van der Waals surface area (Å²) in [6.45, 7) is 6.47. The fourth-order valence-corrected chi connectivity index (χ4v) is 2.20. The maximum Gasteiger partial charge on any atom is 0.0207 e. The Labute approximate surface area is 80.0 Å². The fourth-order valence-electron chi connectivity index (χ4n) is 2.20. The smallest absolute Gasteiger partial charge is 0.0207 e. The quantitative estimate of drug-likeness (QED) is 0.642. The van der Waals surface area contributed by atoms with Crippen LogP contribution in [0.5, 0.6) is 0 Å². The van der Waals surface area contributed by atoms with Crippen molar-refractivity contribution >= 4 is 0 Å². The minimum atomic E-state index is -0.0113. The van der Waals surface area contributed by atoms with E-state index in [9.17, 15) is 0 Å². The van der Waals surface area contributed by atoms with Crippen LogP contribution in [0.3, 0.4) is 0 Å². The molecule has 1 aliphatic carbocycles. The largest absolute Gasteiger partial charge is 0.325 e. The van der Waals surface area contributed by atoms with Crippen LogP contribution in [0.15, 0.2) is 12.1 Å². The second kappa shape index (κ2) is 2.58. The normalized spacial score (nSPS) is 18.8. The lowest BCUT2D eigenvalue weighted by Crippen LogP contribution is -2.36. The van der Waals surface area contributed by atoms with Crippen molar-refractivity contribution in [2.24, 2.45) is 5.73 Å². The Balaban J connectivity index is 2.48. The van der Waals surface area contributed by atoms with E-state index in [1.165, 1.54) is 22.3 Å². The van der Waals surface area contributed by atoms with Crippen molar-refractivity contribution in [2.75, 3.05) is 0 Å². The molecule has 0 unspecified atom stereocenters. The zero-order valence-corrected chi connectivity index (χ0v) is 8.65. The Morgan fingerprint density at radius 3 is 1.85 bits per heavy atom. The van der Waals surface area contributed by atoms with Crippen LogP contribution in [-0.4, -0.2) is 5.54 Å². The predicted molar refractivity (Wildman–Crippen MR) is 55.9 cm³/mol. The molecule has 0 bridgehead atoms. The van der Waals surface area contributed by atoms with Gasteiger partial charge in [0.25, 0.3) is 0 Å². The summed E-state index contributed by atoms with van der Waals surface area (Å²) in [6.07, 6.45) is 2.06. The first-order valence-corrected chi connectivity index (χ1v) is 4.86. The Hall–Kier alpha value is -0.820. The molecule has 0 fully saturated rings. The van der Waals surface area contributed by atoms with Gasteiger partial charge in [-0.05, 0) is 55.9 Å². The van der Waals surface area contributed by atoms with Gasteiger partial charge in [-0.1, -0.05) is 12.1 Å². The van der Waals surface area contributed by atoms with Crippen molar-refractivity contribution in [1.29, 1.82) is 0 Å². The van der Waals surface area contributed by atoms with Gasteiger partial charge in [0.05, 0.1) is 0 Å². The molecule has 13 heavy (non-hydrogen) atoms. The number of fused-ring (bicyclic) bond motifs is 1. The summed E-state index contributed by atoms with van der Waals surface area (Å²) >= 11 is 0. The van der Waals surface area contributed by atoms with Gasteiger partial charge >= 0.3 is 0 Å². The van der Waals surface area contributed by atoms with Gasteiger partial charge in [-0.2, -0.15) is 0 Å². The summed E-state index contributed by atoms with van der Waals surface area (Å²) in [7, 11) is 0. The van der Waals surface area contributed by atoms with Crippen LogP contribution in [0.1, 0.15) is 29.2 Å². The number of rotatable bonds is 0. The summed E-state index contributed by atoms with van der Waals surface area (Å²) in [4.78, 5) is 0. The monoisotopic (exact) mass is 175 g/mol. The van der Waals surface area contributed by atoms with Gasteiger partial charge in [0.15, 0.2) is 0 Å². The van der Waals surface area contributed by atoms with Crippen molar-refractivity contribution in [1.82, 2.24) is 0 Å². The van der Waals surface area contributed by atoms with Crippen LogP contribution in [0.2, 0.25) is 0 Å². The van der Waals surface area contributed by atoms with E-state index in [0.717, 1.165) is 12.8 Å². The van der Waals surface area contributed by atoms with Crippen molar-refractivity contribution in [3.05, 3.63) is 34.4 Å². The highest BCUT2D eigenvalue weighted by atomic mass is 14.7. The highest BCUT2D eigenvalue weighted by Gasteiger charge is 2.28. The van der Waals surface area contributed by atoms with Crippen LogP contribution in [0.25, 0.3) is 0 Å². The Bertz CT molecular complexity index is 317. The van der Waals surface area contributed by atoms with Gasteiger partial charge in [-0.15, -0.1) is 0 Å². The second-order valence-corrected chi connectivity index (χ2v) is 4.71. The van der Waals surface area contributed by atoms with E-state index in [0.29, 0.717) is 0 Å². The van der Waals surface area contributed by atoms with Gasteiger partial charge in [0.1, 0.15) is 0 Å². The van der Waals surface area contributed by atoms with Gasteiger partial charge in [-0.25, -0.2) is 0 Å². The minimum absolute atomic E-state index is 0.0113. The molecule has 0 saturated heterocycles. The maximum absolute atomic E-state index is 6.13. The van der Waals surface area contributed by atoms with Gasteiger partial charge in [-0.3, -0.25) is 0 Å². The molecule has 1 aromatic rings. The summed E-state index contributed by atoms with van der Waals surface area (Å²) in [6, 6.07) is 4.59. The maximum atomic E-state index is 6.13. The predicted octanol–water partition coefficient (Wildman–Crippen LogP) is 2.12. The van der Waals surface area contributed by atoms with Crippen molar-refractivity contribution < 1.29 is 0 Å². The molecule has 0 heterocycles. The highest BCUT2D eigenvalue weighted by Crippen LogP contribution is 2.29. The standard InChI is InChI=1S/C12H17N/c1-8-4-10-6-12(3,13)7-11(10)5-9(8)2/h4-5H,6-7,13H2,1-3H3. The van der Waals surface area contributed by atoms with Crippen LogP contribution in [-0.2, 0) is 12.8 Å². The lowest BCUT2D eigenvalue weighted by molar-refractivity contribution is 0.499. The van der Waals surface area contributed by atoms with Gasteiger partial charge in [0.2, 0.25) is 0 Å². The first-order chi connectivity index (χ1) is 5.98. The first-order valence-electron chi connectivity index (χ1n) is 4.86. The Morgan fingerprint density at radius 2 is 1.46 bits per heavy atom. The zero-order valence-electron chi connectivity index (χ0n) is 8.65. The number of benzene rings is 1. The topological polar surface area (TPSA) is 26.0 Å². The molecular weight excluding hydrogens is 158 g/mol. The first kappa shape index (κ1) is 8.76. The third kappa shape index (κ3) is 1.49. The summed E-state index contributed by atoms with van der Waals surface area (Å²) in [5, 5.41) is 0. The Morgan fingerprint density at radius 1 is 1.08 bits per heavy atom. The molecule has 0 aliphatic heterocycles. The zero-order chi connectivity index (χ0) is 9.64. The van der Waals surface area contributed by atoms with Crippen LogP contribution in [0, 0.1) is 13.8 Å². The second-order valence-electron chi connectivity index (χ2n) is 4.71. The molecular formula is C12H17N. The molecule has 0 atom stereocenters. The Kier molecular flexibility index (Phi) is 1.74. The number of hydrogen-bond donors (Lipinski definition) is 1. The molecule has 0 saturated carbocycles. The average molecular weight is 175 g/mol. The summed E-state index contributed by atoms with van der Waals surface area (Å²) in [5.74, 6) is 0. The molecule has 0 amide bonds. The molecule has 0 spiro atoms. The lowest BCUT2D eigenvalue weighted by Gasteiger charge is -2.15. The van der Waals surface area contributed by atoms with Crippen molar-refractivity contribution in [2.45, 2.75) is 39.2 Å². The van der Waals surface area contributed by atoms with E-state index in [2.05, 4.69) is 32.9 Å². The molecule has 1 aliphatic rings. The molecule has 70 valence electrons. The summed E-state index contributed by atoms with van der Waals surface area (Å²) in [5.41, 5.74) is 11.8. The van der Waals surface area contributed by atoms with Crippen molar-refractivity contribution in [3.63, 3.8) is 0 Å². The van der Waals surface area contributed by atoms with Gasteiger partial charge in [0, 0.05) is 5.54 Å². The van der Waals surface area contributed by atoms with Crippen molar-refractivity contribution in [3.8, 4) is 0 Å². The molecule has 2 N–H and O–H groups in total. The molecule has 1 heteroatoms. The van der Waals surface area contributed by atoms with E-state index >= 15 is 0 Å². The van der Waals surface area contributed by atoms with E-state index in [1.54, 1.807) is 0 Å². The minimum Gasteiger partial charge on any atom is -0.325 e. The molecule has 0 radical (unpaired) electrons. The number of hydrogen-bond acceptors (Lipinski definition) is 1. The third-order valence-electron chi connectivity index (χ3n) is 3.00. The van der Waals surface area contributed by atoms with Crippen LogP contribution in [0.4, 0.5) is 0 Å². The lowest BCUT2D eigenvalue weighted by atomic mass is 10.0. The van der Waals surface area contributed by atoms with E-state index in [-0.39, 0.29) is 5.54 Å².